The molecule has 3 N–H and O–H groups in total. The number of nitrogens with one attached hydrogen (secondary N) is 1. The van der Waals surface area contributed by atoms with Crippen molar-refractivity contribution in [1.82, 2.24) is 5.32 Å². The molecule has 16 heavy (non-hydrogen) atoms. The van der Waals surface area contributed by atoms with Crippen LogP contribution in [0.15, 0.2) is 24.3 Å². The quantitative estimate of drug-likeness (QED) is 0.723. The lowest BCUT2D eigenvalue weighted by Gasteiger charge is -2.22. The molecule has 0 saturated heterocycles. The molecule has 1 rings (SSSR count). The van der Waals surface area contributed by atoms with Crippen LogP contribution in [0.1, 0.15) is 31.4 Å². The first-order chi connectivity index (χ1) is 7.55. The minimum absolute atomic E-state index is 0.249. The molecule has 1 aromatic carbocycles. The zero-order valence-electron chi connectivity index (χ0n) is 10.7. The van der Waals surface area contributed by atoms with Gasteiger partial charge in [0.1, 0.15) is 0 Å². The Labute approximate surface area is 99.2 Å². The van der Waals surface area contributed by atoms with E-state index < -0.39 is 0 Å². The van der Waals surface area contributed by atoms with Crippen LogP contribution in [0, 0.1) is 12.3 Å². The van der Waals surface area contributed by atoms with Crippen molar-refractivity contribution in [3.8, 4) is 0 Å². The third-order valence-electron chi connectivity index (χ3n) is 3.11. The van der Waals surface area contributed by atoms with Gasteiger partial charge in [-0.2, -0.15) is 0 Å². The lowest BCUT2D eigenvalue weighted by Crippen LogP contribution is -2.28. The van der Waals surface area contributed by atoms with Crippen LogP contribution >= 0.6 is 0 Å². The summed E-state index contributed by atoms with van der Waals surface area (Å²) in [7, 11) is 0. The van der Waals surface area contributed by atoms with Crippen molar-refractivity contribution >= 4 is 0 Å². The van der Waals surface area contributed by atoms with Crippen molar-refractivity contribution in [3.63, 3.8) is 0 Å². The van der Waals surface area contributed by atoms with E-state index in [1.807, 2.05) is 0 Å². The standard InChI is InChI=1S/C14H24N2/c1-12-6-4-5-7-13(12)10-16-9-8-14(2,3)11-15/h4-7,16H,8-11,15H2,1-3H3. The van der Waals surface area contributed by atoms with E-state index in [9.17, 15) is 0 Å². The summed E-state index contributed by atoms with van der Waals surface area (Å²) in [5, 5.41) is 3.48. The topological polar surface area (TPSA) is 38.0 Å². The average molecular weight is 220 g/mol. The molecule has 0 aromatic heterocycles. The largest absolute Gasteiger partial charge is 0.330 e. The first-order valence-corrected chi connectivity index (χ1v) is 6.00. The molecule has 0 amide bonds. The third kappa shape index (κ3) is 4.33. The third-order valence-corrected chi connectivity index (χ3v) is 3.11. The van der Waals surface area contributed by atoms with E-state index in [0.29, 0.717) is 0 Å². The van der Waals surface area contributed by atoms with E-state index in [1.165, 1.54) is 11.1 Å². The predicted molar refractivity (Wildman–Crippen MR) is 70.3 cm³/mol. The minimum Gasteiger partial charge on any atom is -0.330 e. The second-order valence-corrected chi connectivity index (χ2v) is 5.22. The first-order valence-electron chi connectivity index (χ1n) is 6.00. The Kier molecular flexibility index (Phi) is 4.97. The second kappa shape index (κ2) is 6.02. The molecule has 0 saturated carbocycles. The number of rotatable bonds is 6. The van der Waals surface area contributed by atoms with Crippen LogP contribution in [0.3, 0.4) is 0 Å². The Bertz CT molecular complexity index is 318. The fraction of sp³-hybridized carbons (Fsp3) is 0.571. The smallest absolute Gasteiger partial charge is 0.0208 e. The molecule has 0 unspecified atom stereocenters. The van der Waals surface area contributed by atoms with Gasteiger partial charge in [-0.25, -0.2) is 0 Å². The molecule has 2 nitrogen and oxygen atoms in total. The van der Waals surface area contributed by atoms with Gasteiger partial charge in [-0.15, -0.1) is 0 Å². The molecule has 0 heterocycles. The highest BCUT2D eigenvalue weighted by molar-refractivity contribution is 5.25. The molecule has 0 aliphatic carbocycles. The normalized spacial score (nSPS) is 11.8. The molecule has 0 radical (unpaired) electrons. The lowest BCUT2D eigenvalue weighted by molar-refractivity contribution is 0.339. The minimum atomic E-state index is 0.249. The van der Waals surface area contributed by atoms with Gasteiger partial charge < -0.3 is 11.1 Å². The number of hydrogen-bond donors (Lipinski definition) is 2. The van der Waals surface area contributed by atoms with Crippen molar-refractivity contribution in [2.75, 3.05) is 13.1 Å². The molecule has 0 fully saturated rings. The highest BCUT2D eigenvalue weighted by Gasteiger charge is 2.14. The van der Waals surface area contributed by atoms with Crippen molar-refractivity contribution in [1.29, 1.82) is 0 Å². The summed E-state index contributed by atoms with van der Waals surface area (Å²) in [4.78, 5) is 0. The highest BCUT2D eigenvalue weighted by Crippen LogP contribution is 2.16. The molecule has 90 valence electrons. The van der Waals surface area contributed by atoms with Gasteiger partial charge in [-0.3, -0.25) is 0 Å². The number of aryl methyl sites for hydroxylation is 1. The molecular weight excluding hydrogens is 196 g/mol. The van der Waals surface area contributed by atoms with Crippen molar-refractivity contribution in [3.05, 3.63) is 35.4 Å². The molecule has 0 bridgehead atoms. The van der Waals surface area contributed by atoms with Crippen molar-refractivity contribution in [2.24, 2.45) is 11.1 Å². The summed E-state index contributed by atoms with van der Waals surface area (Å²) in [6.45, 7) is 9.30. The van der Waals surface area contributed by atoms with Crippen LogP contribution in [0.2, 0.25) is 0 Å². The Hall–Kier alpha value is -0.860. The summed E-state index contributed by atoms with van der Waals surface area (Å²) in [5.74, 6) is 0. The predicted octanol–water partition coefficient (Wildman–Crippen LogP) is 2.46. The summed E-state index contributed by atoms with van der Waals surface area (Å²) >= 11 is 0. The Morgan fingerprint density at radius 3 is 2.56 bits per heavy atom. The van der Waals surface area contributed by atoms with Crippen LogP contribution in [0.4, 0.5) is 0 Å². The van der Waals surface area contributed by atoms with Crippen LogP contribution < -0.4 is 11.1 Å². The van der Waals surface area contributed by atoms with Crippen LogP contribution in [0.25, 0.3) is 0 Å². The van der Waals surface area contributed by atoms with Crippen LogP contribution in [-0.4, -0.2) is 13.1 Å². The fourth-order valence-electron chi connectivity index (χ4n) is 1.56. The molecule has 0 aliphatic heterocycles. The maximum absolute atomic E-state index is 5.70. The molecule has 0 aliphatic rings. The van der Waals surface area contributed by atoms with Gasteiger partial charge in [0.25, 0.3) is 0 Å². The average Bonchev–Trinajstić information content (AvgIpc) is 2.27. The van der Waals surface area contributed by atoms with E-state index in [0.717, 1.165) is 26.1 Å². The monoisotopic (exact) mass is 220 g/mol. The highest BCUT2D eigenvalue weighted by atomic mass is 14.8. The van der Waals surface area contributed by atoms with E-state index in [1.54, 1.807) is 0 Å². The van der Waals surface area contributed by atoms with E-state index in [2.05, 4.69) is 50.4 Å². The number of benzene rings is 1. The van der Waals surface area contributed by atoms with E-state index in [-0.39, 0.29) is 5.41 Å². The van der Waals surface area contributed by atoms with Gasteiger partial charge in [0, 0.05) is 6.54 Å². The number of nitrogens with two attached hydrogens (primary N) is 1. The molecular formula is C14H24N2. The van der Waals surface area contributed by atoms with Gasteiger partial charge in [0.15, 0.2) is 0 Å². The van der Waals surface area contributed by atoms with Gasteiger partial charge in [0.2, 0.25) is 0 Å². The molecule has 0 spiro atoms. The Morgan fingerprint density at radius 2 is 1.94 bits per heavy atom. The van der Waals surface area contributed by atoms with Gasteiger partial charge in [-0.1, -0.05) is 38.1 Å². The Morgan fingerprint density at radius 1 is 1.25 bits per heavy atom. The first kappa shape index (κ1) is 13.2. The Balaban J connectivity index is 2.29. The molecule has 2 heteroatoms. The molecule has 0 atom stereocenters. The van der Waals surface area contributed by atoms with Crippen LogP contribution in [-0.2, 0) is 6.54 Å². The van der Waals surface area contributed by atoms with E-state index >= 15 is 0 Å². The summed E-state index contributed by atoms with van der Waals surface area (Å²) in [6, 6.07) is 8.50. The summed E-state index contributed by atoms with van der Waals surface area (Å²) in [5.41, 5.74) is 8.68. The fourth-order valence-corrected chi connectivity index (χ4v) is 1.56. The van der Waals surface area contributed by atoms with Crippen molar-refractivity contribution in [2.45, 2.75) is 33.7 Å². The maximum atomic E-state index is 5.70. The van der Waals surface area contributed by atoms with Crippen molar-refractivity contribution < 1.29 is 0 Å². The maximum Gasteiger partial charge on any atom is 0.0208 e. The number of hydrogen-bond acceptors (Lipinski definition) is 2. The van der Waals surface area contributed by atoms with Gasteiger partial charge >= 0.3 is 0 Å². The lowest BCUT2D eigenvalue weighted by atomic mass is 9.90. The van der Waals surface area contributed by atoms with E-state index in [4.69, 9.17) is 5.73 Å². The van der Waals surface area contributed by atoms with Crippen LogP contribution in [0.5, 0.6) is 0 Å². The van der Waals surface area contributed by atoms with Gasteiger partial charge in [-0.05, 0) is 43.0 Å². The molecule has 1 aromatic rings. The summed E-state index contributed by atoms with van der Waals surface area (Å²) < 4.78 is 0. The zero-order chi connectivity index (χ0) is 12.0. The summed E-state index contributed by atoms with van der Waals surface area (Å²) in [6.07, 6.45) is 1.12. The van der Waals surface area contributed by atoms with Gasteiger partial charge in [0.05, 0.1) is 0 Å². The second-order valence-electron chi connectivity index (χ2n) is 5.22. The SMILES string of the molecule is Cc1ccccc1CNCCC(C)(C)CN. The zero-order valence-corrected chi connectivity index (χ0v) is 10.7.